The van der Waals surface area contributed by atoms with E-state index in [0.29, 0.717) is 39.1 Å². The van der Waals surface area contributed by atoms with Crippen LogP contribution in [0.4, 0.5) is 0 Å². The number of Topliss-reactive ketones (excluding diaryl/α,β-unsaturated/α-hetero) is 1. The molecule has 0 bridgehead atoms. The third-order valence-electron chi connectivity index (χ3n) is 9.83. The number of hydrogen-bond acceptors (Lipinski definition) is 14. The van der Waals surface area contributed by atoms with E-state index in [-0.39, 0.29) is 128 Å². The predicted molar refractivity (Wildman–Crippen MR) is 239 cm³/mol. The summed E-state index contributed by atoms with van der Waals surface area (Å²) in [5, 5.41) is 29.2. The first kappa shape index (κ1) is 60.4. The molecule has 0 aromatic rings. The molecule has 0 spiro atoms. The van der Waals surface area contributed by atoms with Gasteiger partial charge >= 0.3 is 5.97 Å². The van der Waals surface area contributed by atoms with Gasteiger partial charge in [0.15, 0.2) is 5.78 Å². The topological polar surface area (TPSA) is 263 Å². The van der Waals surface area contributed by atoms with Crippen LogP contribution in [0.3, 0.4) is 0 Å². The number of amides is 4. The normalized spacial score (nSPS) is 12.0. The average Bonchev–Trinajstić information content (AvgIpc) is 3.27. The molecule has 4 amide bonds. The van der Waals surface area contributed by atoms with E-state index in [1.807, 2.05) is 0 Å². The zero-order chi connectivity index (χ0) is 47.2. The molecule has 0 unspecified atom stereocenters. The van der Waals surface area contributed by atoms with Crippen molar-refractivity contribution in [1.29, 1.82) is 0 Å². The van der Waals surface area contributed by atoms with Crippen LogP contribution in [-0.2, 0) is 62.0 Å². The van der Waals surface area contributed by atoms with Gasteiger partial charge < -0.3 is 64.7 Å². The number of aliphatic hydroxyl groups excluding tert-OH is 1. The number of nitrogens with one attached hydrogen (secondary N) is 4. The lowest BCUT2D eigenvalue weighted by Gasteiger charge is -2.27. The summed E-state index contributed by atoms with van der Waals surface area (Å²) < 4.78 is 31.7. The van der Waals surface area contributed by atoms with Gasteiger partial charge in [0.25, 0.3) is 0 Å². The van der Waals surface area contributed by atoms with Crippen molar-refractivity contribution in [3.05, 3.63) is 0 Å². The van der Waals surface area contributed by atoms with Gasteiger partial charge in [-0.15, -0.1) is 0 Å². The van der Waals surface area contributed by atoms with E-state index in [4.69, 9.17) is 33.5 Å². The summed E-state index contributed by atoms with van der Waals surface area (Å²) in [7, 11) is 0. The molecule has 0 aliphatic carbocycles. The lowest BCUT2D eigenvalue weighted by molar-refractivity contribution is -0.137. The zero-order valence-electron chi connectivity index (χ0n) is 38.7. The predicted octanol–water partition coefficient (Wildman–Crippen LogP) is 2.96. The van der Waals surface area contributed by atoms with E-state index >= 15 is 0 Å². The van der Waals surface area contributed by atoms with Crippen LogP contribution in [0.1, 0.15) is 135 Å². The number of rotatable bonds is 49. The van der Waals surface area contributed by atoms with Gasteiger partial charge in [-0.25, -0.2) is 0 Å². The van der Waals surface area contributed by atoms with Crippen LogP contribution in [0.25, 0.3) is 0 Å². The first-order valence-corrected chi connectivity index (χ1v) is 23.4. The van der Waals surface area contributed by atoms with Crippen LogP contribution < -0.4 is 21.3 Å². The number of carbonyl (C=O) groups excluding carboxylic acids is 6. The number of carbonyl (C=O) groups is 7. The molecular weight excluding hydrogens is 837 g/mol. The SMILES string of the molecule is CC(=O)COCCOCCNC(=O)COCCOCCNC(=O)COCCOCCNC(=O)CC[C@@](C=O)(CO)NC(=O)CCCCCCCCCCCCCCCCCCC(=O)O. The maximum atomic E-state index is 12.6. The number of carboxylic acid groups (broad SMARTS) is 1. The maximum absolute atomic E-state index is 12.6. The van der Waals surface area contributed by atoms with Crippen molar-refractivity contribution >= 4 is 41.7 Å². The molecule has 0 aliphatic rings. The Labute approximate surface area is 380 Å². The number of unbranched alkanes of at least 4 members (excludes halogenated alkanes) is 15. The minimum Gasteiger partial charge on any atom is -0.481 e. The van der Waals surface area contributed by atoms with Crippen molar-refractivity contribution in [3.63, 3.8) is 0 Å². The Morgan fingerprint density at radius 2 is 0.812 bits per heavy atom. The van der Waals surface area contributed by atoms with Gasteiger partial charge in [0.05, 0.1) is 66.1 Å². The molecule has 0 radical (unpaired) electrons. The lowest BCUT2D eigenvalue weighted by atomic mass is 9.95. The van der Waals surface area contributed by atoms with Gasteiger partial charge in [0.2, 0.25) is 23.6 Å². The van der Waals surface area contributed by atoms with Gasteiger partial charge in [-0.2, -0.15) is 0 Å². The summed E-state index contributed by atoms with van der Waals surface area (Å²) in [4.78, 5) is 81.7. The second-order valence-electron chi connectivity index (χ2n) is 15.8. The molecule has 0 heterocycles. The third-order valence-corrected chi connectivity index (χ3v) is 9.83. The Morgan fingerprint density at radius 1 is 0.453 bits per heavy atom. The molecule has 0 fully saturated rings. The van der Waals surface area contributed by atoms with Crippen molar-refractivity contribution in [2.45, 2.75) is 141 Å². The number of aldehydes is 1. The van der Waals surface area contributed by atoms with Gasteiger partial charge in [0.1, 0.15) is 31.6 Å². The van der Waals surface area contributed by atoms with Gasteiger partial charge in [-0.1, -0.05) is 89.9 Å². The molecule has 0 rings (SSSR count). The smallest absolute Gasteiger partial charge is 0.303 e. The fourth-order valence-corrected chi connectivity index (χ4v) is 6.20. The van der Waals surface area contributed by atoms with Gasteiger partial charge in [-0.05, 0) is 26.2 Å². The van der Waals surface area contributed by atoms with Crippen molar-refractivity contribution in [1.82, 2.24) is 21.3 Å². The number of ether oxygens (including phenoxy) is 6. The second kappa shape index (κ2) is 44.6. The third kappa shape index (κ3) is 42.4. The Morgan fingerprint density at radius 3 is 1.19 bits per heavy atom. The summed E-state index contributed by atoms with van der Waals surface area (Å²) in [5.41, 5.74) is -1.52. The minimum absolute atomic E-state index is 0.0418. The molecule has 19 nitrogen and oxygen atoms in total. The number of aliphatic carboxylic acids is 1. The first-order valence-electron chi connectivity index (χ1n) is 23.4. The molecule has 0 aliphatic heterocycles. The highest BCUT2D eigenvalue weighted by atomic mass is 16.5. The van der Waals surface area contributed by atoms with E-state index in [1.54, 1.807) is 0 Å². The highest BCUT2D eigenvalue weighted by molar-refractivity contribution is 5.83. The van der Waals surface area contributed by atoms with Crippen LogP contribution >= 0.6 is 0 Å². The molecule has 6 N–H and O–H groups in total. The summed E-state index contributed by atoms with van der Waals surface area (Å²) in [6.07, 6.45) is 18.7. The monoisotopic (exact) mass is 919 g/mol. The first-order chi connectivity index (χ1) is 31.0. The fourth-order valence-electron chi connectivity index (χ4n) is 6.20. The fraction of sp³-hybridized carbons (Fsp3) is 0.844. The zero-order valence-corrected chi connectivity index (χ0v) is 38.7. The van der Waals surface area contributed by atoms with Crippen LogP contribution in [-0.4, -0.2) is 163 Å². The molecule has 19 heteroatoms. The molecule has 0 saturated heterocycles. The van der Waals surface area contributed by atoms with Crippen LogP contribution in [0, 0.1) is 0 Å². The Bertz CT molecular complexity index is 1230. The Hall–Kier alpha value is -3.59. The van der Waals surface area contributed by atoms with Gasteiger partial charge in [0, 0.05) is 38.9 Å². The van der Waals surface area contributed by atoms with Crippen LogP contribution in [0.15, 0.2) is 0 Å². The number of aliphatic hydroxyl groups is 1. The molecule has 372 valence electrons. The van der Waals surface area contributed by atoms with E-state index < -0.39 is 18.1 Å². The van der Waals surface area contributed by atoms with Crippen molar-refractivity contribution in [2.75, 3.05) is 106 Å². The van der Waals surface area contributed by atoms with Crippen molar-refractivity contribution in [3.8, 4) is 0 Å². The van der Waals surface area contributed by atoms with E-state index in [0.717, 1.165) is 38.5 Å². The molecule has 64 heavy (non-hydrogen) atoms. The minimum atomic E-state index is -1.52. The number of hydrogen-bond donors (Lipinski definition) is 6. The highest BCUT2D eigenvalue weighted by Crippen LogP contribution is 2.15. The van der Waals surface area contributed by atoms with E-state index in [2.05, 4.69) is 21.3 Å². The molecule has 0 saturated carbocycles. The number of carboxylic acids is 1. The maximum Gasteiger partial charge on any atom is 0.303 e. The summed E-state index contributed by atoms with van der Waals surface area (Å²) in [6.45, 7) is 3.59. The Kier molecular flexibility index (Phi) is 42.1. The highest BCUT2D eigenvalue weighted by Gasteiger charge is 2.31. The molecule has 1 atom stereocenters. The standard InChI is InChI=1S/C45H82N4O15/c1-39(52)34-62-31-28-60-26-23-47-42(55)36-64-33-30-61-27-24-48-43(56)35-63-32-29-59-25-22-46-40(53)20-21-45(37-50,38-51)49-41(54)18-16-14-12-10-8-6-4-2-3-5-7-9-11-13-15-17-19-44(57)58/h37,51H,2-36,38H2,1H3,(H,46,53)(H,47,55)(H,48,56)(H,49,54)(H,57,58)/t45-/m1/s1. The van der Waals surface area contributed by atoms with E-state index in [9.17, 15) is 38.7 Å². The summed E-state index contributed by atoms with van der Waals surface area (Å²) in [5.74, 6) is -2.06. The largest absolute Gasteiger partial charge is 0.481 e. The van der Waals surface area contributed by atoms with Crippen molar-refractivity contribution in [2.24, 2.45) is 0 Å². The van der Waals surface area contributed by atoms with Gasteiger partial charge in [-0.3, -0.25) is 28.8 Å². The van der Waals surface area contributed by atoms with Crippen LogP contribution in [0.5, 0.6) is 0 Å². The molecule has 0 aromatic heterocycles. The van der Waals surface area contributed by atoms with Crippen molar-refractivity contribution < 1.29 is 72.2 Å². The average molecular weight is 919 g/mol. The van der Waals surface area contributed by atoms with E-state index in [1.165, 1.54) is 64.7 Å². The summed E-state index contributed by atoms with van der Waals surface area (Å²) in [6, 6.07) is 0. The number of ketones is 1. The lowest BCUT2D eigenvalue weighted by Crippen LogP contribution is -2.53. The molecular formula is C45H82N4O15. The summed E-state index contributed by atoms with van der Waals surface area (Å²) >= 11 is 0. The molecule has 0 aromatic carbocycles. The Balaban J connectivity index is 3.70. The quantitative estimate of drug-likeness (QED) is 0.0379. The van der Waals surface area contributed by atoms with Crippen LogP contribution in [0.2, 0.25) is 0 Å². The second-order valence-corrected chi connectivity index (χ2v) is 15.8.